The molecule has 0 fully saturated rings. The molecule has 0 spiro atoms. The van der Waals surface area contributed by atoms with E-state index in [1.165, 1.54) is 45.4 Å². The third-order valence-electron chi connectivity index (χ3n) is 6.06. The number of nitrogens with two attached hydrogens (primary N) is 1. The van der Waals surface area contributed by atoms with Crippen molar-refractivity contribution in [1.29, 1.82) is 0 Å². The van der Waals surface area contributed by atoms with Crippen molar-refractivity contribution in [2.75, 3.05) is 25.3 Å². The lowest BCUT2D eigenvalue weighted by Crippen LogP contribution is -2.07. The lowest BCUT2D eigenvalue weighted by atomic mass is 10.1. The van der Waals surface area contributed by atoms with Gasteiger partial charge in [-0.3, -0.25) is 13.9 Å². The summed E-state index contributed by atoms with van der Waals surface area (Å²) in [5.41, 5.74) is 4.62. The second kappa shape index (κ2) is 15.0. The number of methoxy groups -OCH3 is 2. The fourth-order valence-electron chi connectivity index (χ4n) is 4.06. The van der Waals surface area contributed by atoms with Gasteiger partial charge < -0.3 is 30.7 Å². The molecule has 0 bridgehead atoms. The van der Waals surface area contributed by atoms with Gasteiger partial charge in [0.25, 0.3) is 20.2 Å². The Morgan fingerprint density at radius 1 is 0.755 bits per heavy atom. The van der Waals surface area contributed by atoms with Crippen LogP contribution in [0, 0.1) is 0 Å². The van der Waals surface area contributed by atoms with E-state index in [9.17, 15) is 40.9 Å². The van der Waals surface area contributed by atoms with Crippen LogP contribution >= 0.6 is 0 Å². The van der Waals surface area contributed by atoms with Crippen molar-refractivity contribution in [2.24, 2.45) is 20.5 Å². The number of rotatable bonds is 9. The third kappa shape index (κ3) is 9.20. The van der Waals surface area contributed by atoms with E-state index in [1.54, 1.807) is 0 Å². The molecular weight excluding hydrogens is 717 g/mol. The van der Waals surface area contributed by atoms with Crippen molar-refractivity contribution >= 4 is 81.6 Å². The highest BCUT2D eigenvalue weighted by Gasteiger charge is 2.25. The van der Waals surface area contributed by atoms with E-state index in [2.05, 4.69) is 25.8 Å². The first-order chi connectivity index (χ1) is 22.8. The molecule has 4 aromatic rings. The standard InChI is InChI=1S/C26H24N6O11S2.O3S/c1-12(33)28-14-5-7-16(21(9-14)44(36,37)38)29-30-17-6-4-13-8-22(45(39,40)41)24(26(35)23(13)25(17)34)32-31-18-11-19(42-2)15(27)10-20(18)43-3;1-4(2)3/h4-11,34-35H,27H2,1-3H3,(H,28,33)(H,36,37,38)(H,39,40,41);. The molecular formula is C26H24N6O14S3. The van der Waals surface area contributed by atoms with E-state index >= 15 is 0 Å². The average molecular weight is 741 g/mol. The molecule has 1 amide bonds. The van der Waals surface area contributed by atoms with Gasteiger partial charge in [-0.2, -0.15) is 16.8 Å². The van der Waals surface area contributed by atoms with Gasteiger partial charge in [0.15, 0.2) is 11.5 Å². The molecule has 0 radical (unpaired) electrons. The SMILES string of the molecule is COc1cc(N=Nc2c(S(=O)(=O)O)cc3ccc(N=Nc4ccc(NC(C)=O)cc4S(=O)(=O)O)c(O)c3c2O)c(OC)cc1N.O=S(=O)=O. The maximum atomic E-state index is 12.2. The number of benzene rings is 4. The number of phenols is 2. The predicted octanol–water partition coefficient (Wildman–Crippen LogP) is 4.13. The van der Waals surface area contributed by atoms with Crippen molar-refractivity contribution in [3.05, 3.63) is 48.5 Å². The van der Waals surface area contributed by atoms with Crippen molar-refractivity contribution in [3.8, 4) is 23.0 Å². The summed E-state index contributed by atoms with van der Waals surface area (Å²) < 4.78 is 104. The number of phenolic OH excluding ortho intramolecular Hbond substituents is 2. The van der Waals surface area contributed by atoms with Gasteiger partial charge in [-0.25, -0.2) is 0 Å². The van der Waals surface area contributed by atoms with Crippen LogP contribution in [0.3, 0.4) is 0 Å². The number of nitrogens with one attached hydrogen (secondary N) is 1. The number of carbonyl (C=O) groups is 1. The summed E-state index contributed by atoms with van der Waals surface area (Å²) in [6.07, 6.45) is 0. The maximum Gasteiger partial charge on any atom is 0.425 e. The van der Waals surface area contributed by atoms with Crippen molar-refractivity contribution < 1.29 is 63.0 Å². The van der Waals surface area contributed by atoms with Crippen LogP contribution in [-0.2, 0) is 35.6 Å². The zero-order valence-electron chi connectivity index (χ0n) is 25.1. The highest BCUT2D eigenvalue weighted by molar-refractivity contribution is 7.86. The Bertz CT molecular complexity index is 2360. The molecule has 260 valence electrons. The second-order valence-electron chi connectivity index (χ2n) is 9.29. The quantitative estimate of drug-likeness (QED) is 0.0798. The molecule has 0 aliphatic heterocycles. The molecule has 7 N–H and O–H groups in total. The van der Waals surface area contributed by atoms with Crippen molar-refractivity contribution in [2.45, 2.75) is 16.7 Å². The molecule has 0 saturated heterocycles. The normalized spacial score (nSPS) is 11.7. The summed E-state index contributed by atoms with van der Waals surface area (Å²) in [6.45, 7) is 1.19. The number of hydrogen-bond acceptors (Lipinski definition) is 17. The van der Waals surface area contributed by atoms with E-state index in [0.29, 0.717) is 0 Å². The number of carbonyl (C=O) groups excluding carboxylic acids is 1. The Morgan fingerprint density at radius 3 is 1.86 bits per heavy atom. The molecule has 0 aliphatic rings. The number of aromatic hydroxyl groups is 2. The van der Waals surface area contributed by atoms with Gasteiger partial charge in [0.05, 0.1) is 25.3 Å². The topological polar surface area (TPSA) is 323 Å². The first kappa shape index (κ1) is 37.7. The molecule has 0 atom stereocenters. The summed E-state index contributed by atoms with van der Waals surface area (Å²) in [5, 5.41) is 39.3. The number of nitrogens with zero attached hydrogens (tertiary/aromatic N) is 4. The first-order valence-corrected chi connectivity index (χ1v) is 16.7. The number of azo groups is 2. The van der Waals surface area contributed by atoms with Crippen LogP contribution in [-0.4, -0.2) is 68.9 Å². The van der Waals surface area contributed by atoms with Crippen LogP contribution in [0.1, 0.15) is 6.92 Å². The number of fused-ring (bicyclic) bond motifs is 1. The minimum absolute atomic E-state index is 0.00438. The largest absolute Gasteiger partial charge is 0.505 e. The van der Waals surface area contributed by atoms with E-state index in [-0.39, 0.29) is 50.7 Å². The third-order valence-corrected chi connectivity index (χ3v) is 7.81. The molecule has 49 heavy (non-hydrogen) atoms. The van der Waals surface area contributed by atoms with Crippen molar-refractivity contribution in [3.63, 3.8) is 0 Å². The highest BCUT2D eigenvalue weighted by atomic mass is 32.2. The van der Waals surface area contributed by atoms with Gasteiger partial charge in [0.2, 0.25) is 5.91 Å². The molecule has 0 heterocycles. The Labute approximate surface area is 278 Å². The zero-order valence-corrected chi connectivity index (χ0v) is 27.5. The smallest absolute Gasteiger partial charge is 0.425 e. The van der Waals surface area contributed by atoms with Gasteiger partial charge in [0, 0.05) is 24.7 Å². The summed E-state index contributed by atoms with van der Waals surface area (Å²) in [5.74, 6) is -1.90. The van der Waals surface area contributed by atoms with Crippen LogP contribution in [0.5, 0.6) is 23.0 Å². The second-order valence-corrected chi connectivity index (χ2v) is 12.5. The van der Waals surface area contributed by atoms with Crippen LogP contribution in [0.4, 0.5) is 34.1 Å². The maximum absolute atomic E-state index is 12.2. The number of hydrogen-bond donors (Lipinski definition) is 6. The molecule has 4 rings (SSSR count). The lowest BCUT2D eigenvalue weighted by molar-refractivity contribution is -0.114. The highest BCUT2D eigenvalue weighted by Crippen LogP contribution is 2.48. The van der Waals surface area contributed by atoms with Gasteiger partial charge in [-0.15, -0.1) is 33.1 Å². The van der Waals surface area contributed by atoms with Crippen molar-refractivity contribution in [1.82, 2.24) is 0 Å². The van der Waals surface area contributed by atoms with Gasteiger partial charge in [0.1, 0.15) is 44.0 Å². The monoisotopic (exact) mass is 740 g/mol. The average Bonchev–Trinajstić information content (AvgIpc) is 2.99. The van der Waals surface area contributed by atoms with E-state index in [1.807, 2.05) is 0 Å². The number of anilines is 2. The summed E-state index contributed by atoms with van der Waals surface area (Å²) in [7, 11) is -10.3. The van der Waals surface area contributed by atoms with E-state index in [0.717, 1.165) is 24.3 Å². The summed E-state index contributed by atoms with van der Waals surface area (Å²) >= 11 is 0. The molecule has 4 aromatic carbocycles. The zero-order chi connectivity index (χ0) is 36.8. The molecule has 23 heteroatoms. The van der Waals surface area contributed by atoms with Gasteiger partial charge >= 0.3 is 10.6 Å². The Balaban J connectivity index is 0.00000154. The lowest BCUT2D eigenvalue weighted by Gasteiger charge is -2.12. The Hall–Kier alpha value is -5.75. The molecule has 20 nitrogen and oxygen atoms in total. The predicted molar refractivity (Wildman–Crippen MR) is 170 cm³/mol. The van der Waals surface area contributed by atoms with E-state index in [4.69, 9.17) is 27.8 Å². The summed E-state index contributed by atoms with van der Waals surface area (Å²) in [6, 6.07) is 9.33. The summed E-state index contributed by atoms with van der Waals surface area (Å²) in [4.78, 5) is 9.76. The Morgan fingerprint density at radius 2 is 1.31 bits per heavy atom. The van der Waals surface area contributed by atoms with Crippen LogP contribution in [0.2, 0.25) is 0 Å². The minimum Gasteiger partial charge on any atom is -0.505 e. The fraction of sp³-hybridized carbons (Fsp3) is 0.115. The van der Waals surface area contributed by atoms with Crippen LogP contribution < -0.4 is 20.5 Å². The minimum atomic E-state index is -5.01. The molecule has 0 aromatic heterocycles. The number of nitrogen functional groups attached to an aromatic ring is 1. The fourth-order valence-corrected chi connectivity index (χ4v) is 5.37. The number of amides is 1. The van der Waals surface area contributed by atoms with E-state index < -0.39 is 63.7 Å². The first-order valence-electron chi connectivity index (χ1n) is 12.8. The number of ether oxygens (including phenoxy) is 2. The van der Waals surface area contributed by atoms with Crippen LogP contribution in [0.15, 0.2) is 78.8 Å². The molecule has 0 unspecified atom stereocenters. The molecule has 0 aliphatic carbocycles. The van der Waals surface area contributed by atoms with Gasteiger partial charge in [-0.05, 0) is 35.7 Å². The van der Waals surface area contributed by atoms with Crippen LogP contribution in [0.25, 0.3) is 10.8 Å². The molecule has 0 saturated carbocycles. The Kier molecular flexibility index (Phi) is 11.5. The van der Waals surface area contributed by atoms with Gasteiger partial charge in [-0.1, -0.05) is 6.07 Å².